The van der Waals surface area contributed by atoms with Crippen LogP contribution in [0.2, 0.25) is 0 Å². The number of rotatable bonds is 7. The molecule has 1 aromatic rings. The molecule has 0 aliphatic rings. The first kappa shape index (κ1) is 14.0. The predicted octanol–water partition coefficient (Wildman–Crippen LogP) is 2.17. The van der Waals surface area contributed by atoms with Crippen molar-refractivity contribution in [3.63, 3.8) is 0 Å². The van der Waals surface area contributed by atoms with E-state index in [2.05, 4.69) is 24.8 Å². The highest BCUT2D eigenvalue weighted by molar-refractivity contribution is 5.46. The second kappa shape index (κ2) is 7.30. The van der Waals surface area contributed by atoms with Gasteiger partial charge in [-0.1, -0.05) is 25.1 Å². The van der Waals surface area contributed by atoms with E-state index < -0.39 is 0 Å². The van der Waals surface area contributed by atoms with E-state index in [1.54, 1.807) is 7.11 Å². The van der Waals surface area contributed by atoms with Crippen LogP contribution in [0.25, 0.3) is 0 Å². The van der Waals surface area contributed by atoms with Crippen LogP contribution in [-0.2, 0) is 11.2 Å². The lowest BCUT2D eigenvalue weighted by molar-refractivity contribution is 0.103. The number of nitrogen functional groups attached to an aromatic ring is 1. The molecule has 0 fully saturated rings. The van der Waals surface area contributed by atoms with Gasteiger partial charge in [0.05, 0.1) is 6.61 Å². The van der Waals surface area contributed by atoms with E-state index >= 15 is 0 Å². The van der Waals surface area contributed by atoms with E-state index in [1.165, 1.54) is 5.56 Å². The third kappa shape index (κ3) is 4.36. The van der Waals surface area contributed by atoms with Gasteiger partial charge in [0.1, 0.15) is 0 Å². The molecule has 17 heavy (non-hydrogen) atoms. The predicted molar refractivity (Wildman–Crippen MR) is 73.1 cm³/mol. The van der Waals surface area contributed by atoms with Crippen molar-refractivity contribution in [1.29, 1.82) is 0 Å². The monoisotopic (exact) mass is 236 g/mol. The second-order valence-electron chi connectivity index (χ2n) is 4.38. The second-order valence-corrected chi connectivity index (χ2v) is 4.38. The number of methoxy groups -OCH3 is 1. The standard InChI is InChI=1S/C14H24N2O/c1-4-16(12(2)11-17-3)10-9-13-7-5-6-8-14(13)15/h5-8,12H,4,9-11,15H2,1-3H3. The fraction of sp³-hybridized carbons (Fsp3) is 0.571. The maximum Gasteiger partial charge on any atom is 0.0615 e. The van der Waals surface area contributed by atoms with Crippen molar-refractivity contribution < 1.29 is 4.74 Å². The summed E-state index contributed by atoms with van der Waals surface area (Å²) in [4.78, 5) is 2.41. The van der Waals surface area contributed by atoms with E-state index in [0.717, 1.165) is 31.8 Å². The molecule has 1 atom stereocenters. The van der Waals surface area contributed by atoms with E-state index in [-0.39, 0.29) is 0 Å². The number of nitrogens with two attached hydrogens (primary N) is 1. The highest BCUT2D eigenvalue weighted by Crippen LogP contribution is 2.12. The smallest absolute Gasteiger partial charge is 0.0615 e. The lowest BCUT2D eigenvalue weighted by Gasteiger charge is -2.27. The first-order chi connectivity index (χ1) is 8.19. The number of likely N-dealkylation sites (N-methyl/N-ethyl adjacent to an activating group) is 1. The number of nitrogens with zero attached hydrogens (tertiary/aromatic N) is 1. The SMILES string of the molecule is CCN(CCc1ccccc1N)C(C)COC. The van der Waals surface area contributed by atoms with Gasteiger partial charge in [0.15, 0.2) is 0 Å². The molecule has 2 N–H and O–H groups in total. The van der Waals surface area contributed by atoms with E-state index in [4.69, 9.17) is 10.5 Å². The Bertz CT molecular complexity index is 328. The Morgan fingerprint density at radius 1 is 1.35 bits per heavy atom. The van der Waals surface area contributed by atoms with Crippen molar-refractivity contribution in [2.45, 2.75) is 26.3 Å². The van der Waals surface area contributed by atoms with Gasteiger partial charge in [0.25, 0.3) is 0 Å². The Kier molecular flexibility index (Phi) is 6.01. The van der Waals surface area contributed by atoms with E-state index in [1.807, 2.05) is 18.2 Å². The fourth-order valence-corrected chi connectivity index (χ4v) is 2.06. The number of hydrogen-bond acceptors (Lipinski definition) is 3. The lowest BCUT2D eigenvalue weighted by atomic mass is 10.1. The minimum atomic E-state index is 0.454. The summed E-state index contributed by atoms with van der Waals surface area (Å²) in [5, 5.41) is 0. The van der Waals surface area contributed by atoms with Crippen LogP contribution in [0, 0.1) is 0 Å². The Morgan fingerprint density at radius 3 is 2.65 bits per heavy atom. The number of para-hydroxylation sites is 1. The van der Waals surface area contributed by atoms with Crippen molar-refractivity contribution >= 4 is 5.69 Å². The molecular formula is C14H24N2O. The number of benzene rings is 1. The Labute approximate surface area is 105 Å². The Morgan fingerprint density at radius 2 is 2.06 bits per heavy atom. The van der Waals surface area contributed by atoms with Crippen LogP contribution < -0.4 is 5.73 Å². The summed E-state index contributed by atoms with van der Waals surface area (Å²) in [6, 6.07) is 8.54. The number of ether oxygens (including phenoxy) is 1. The van der Waals surface area contributed by atoms with Crippen LogP contribution in [0.3, 0.4) is 0 Å². The van der Waals surface area contributed by atoms with E-state index in [9.17, 15) is 0 Å². The molecule has 0 heterocycles. The van der Waals surface area contributed by atoms with Crippen LogP contribution in [0.1, 0.15) is 19.4 Å². The molecule has 0 spiro atoms. The van der Waals surface area contributed by atoms with Crippen molar-refractivity contribution in [2.75, 3.05) is 32.5 Å². The first-order valence-electron chi connectivity index (χ1n) is 6.25. The van der Waals surface area contributed by atoms with Gasteiger partial charge in [-0.2, -0.15) is 0 Å². The maximum absolute atomic E-state index is 5.94. The van der Waals surface area contributed by atoms with Crippen molar-refractivity contribution in [3.8, 4) is 0 Å². The maximum atomic E-state index is 5.94. The summed E-state index contributed by atoms with van der Waals surface area (Å²) in [6.45, 7) is 7.21. The summed E-state index contributed by atoms with van der Waals surface area (Å²) in [7, 11) is 1.75. The van der Waals surface area contributed by atoms with Crippen LogP contribution in [0.4, 0.5) is 5.69 Å². The van der Waals surface area contributed by atoms with Gasteiger partial charge in [-0.25, -0.2) is 0 Å². The third-order valence-electron chi connectivity index (χ3n) is 3.16. The topological polar surface area (TPSA) is 38.5 Å². The average molecular weight is 236 g/mol. The van der Waals surface area contributed by atoms with Gasteiger partial charge in [-0.05, 0) is 31.5 Å². The van der Waals surface area contributed by atoms with Gasteiger partial charge < -0.3 is 10.5 Å². The first-order valence-corrected chi connectivity index (χ1v) is 6.25. The molecule has 1 aromatic carbocycles. The summed E-state index contributed by atoms with van der Waals surface area (Å²) in [6.07, 6.45) is 0.995. The minimum absolute atomic E-state index is 0.454. The molecule has 1 rings (SSSR count). The molecule has 3 heteroatoms. The molecule has 0 aliphatic carbocycles. The summed E-state index contributed by atoms with van der Waals surface area (Å²) >= 11 is 0. The van der Waals surface area contributed by atoms with E-state index in [0.29, 0.717) is 6.04 Å². The minimum Gasteiger partial charge on any atom is -0.399 e. The highest BCUT2D eigenvalue weighted by Gasteiger charge is 2.11. The normalized spacial score (nSPS) is 12.9. The quantitative estimate of drug-likeness (QED) is 0.737. The zero-order valence-corrected chi connectivity index (χ0v) is 11.1. The lowest BCUT2D eigenvalue weighted by Crippen LogP contribution is -2.37. The Hall–Kier alpha value is -1.06. The van der Waals surface area contributed by atoms with Crippen molar-refractivity contribution in [2.24, 2.45) is 0 Å². The number of anilines is 1. The molecule has 0 bridgehead atoms. The Balaban J connectivity index is 2.50. The van der Waals surface area contributed by atoms with Gasteiger partial charge in [0, 0.05) is 25.4 Å². The van der Waals surface area contributed by atoms with Crippen LogP contribution >= 0.6 is 0 Å². The molecule has 0 aromatic heterocycles. The summed E-state index contributed by atoms with van der Waals surface area (Å²) in [5.41, 5.74) is 8.06. The zero-order chi connectivity index (χ0) is 12.7. The molecule has 96 valence electrons. The van der Waals surface area contributed by atoms with Gasteiger partial charge in [0.2, 0.25) is 0 Å². The number of hydrogen-bond donors (Lipinski definition) is 1. The molecule has 0 saturated carbocycles. The third-order valence-corrected chi connectivity index (χ3v) is 3.16. The molecule has 0 radical (unpaired) electrons. The molecule has 1 unspecified atom stereocenters. The molecule has 3 nitrogen and oxygen atoms in total. The van der Waals surface area contributed by atoms with Crippen molar-refractivity contribution in [1.82, 2.24) is 4.90 Å². The fourth-order valence-electron chi connectivity index (χ4n) is 2.06. The van der Waals surface area contributed by atoms with Gasteiger partial charge in [-0.15, -0.1) is 0 Å². The highest BCUT2D eigenvalue weighted by atomic mass is 16.5. The molecular weight excluding hydrogens is 212 g/mol. The average Bonchev–Trinajstić information content (AvgIpc) is 2.32. The molecule has 0 amide bonds. The van der Waals surface area contributed by atoms with Crippen LogP contribution in [0.5, 0.6) is 0 Å². The largest absolute Gasteiger partial charge is 0.399 e. The summed E-state index contributed by atoms with van der Waals surface area (Å²) < 4.78 is 5.20. The van der Waals surface area contributed by atoms with Gasteiger partial charge in [-0.3, -0.25) is 4.90 Å². The molecule has 0 saturated heterocycles. The summed E-state index contributed by atoms with van der Waals surface area (Å²) in [5.74, 6) is 0. The van der Waals surface area contributed by atoms with Crippen molar-refractivity contribution in [3.05, 3.63) is 29.8 Å². The molecule has 0 aliphatic heterocycles. The zero-order valence-electron chi connectivity index (χ0n) is 11.1. The van der Waals surface area contributed by atoms with Gasteiger partial charge >= 0.3 is 0 Å². The van der Waals surface area contributed by atoms with Crippen LogP contribution in [-0.4, -0.2) is 37.7 Å². The van der Waals surface area contributed by atoms with Crippen LogP contribution in [0.15, 0.2) is 24.3 Å².